The van der Waals surface area contributed by atoms with Crippen LogP contribution in [0.4, 0.5) is 5.69 Å². The lowest BCUT2D eigenvalue weighted by atomic mass is 9.95. The van der Waals surface area contributed by atoms with Gasteiger partial charge in [-0.15, -0.1) is 0 Å². The van der Waals surface area contributed by atoms with Gasteiger partial charge in [0.2, 0.25) is 23.0 Å². The van der Waals surface area contributed by atoms with Crippen LogP contribution in [0.2, 0.25) is 0 Å². The predicted octanol–water partition coefficient (Wildman–Crippen LogP) is 4.25. The summed E-state index contributed by atoms with van der Waals surface area (Å²) in [5.41, 5.74) is 3.03. The maximum atomic E-state index is 13.7. The van der Waals surface area contributed by atoms with E-state index in [1.165, 1.54) is 13.0 Å². The van der Waals surface area contributed by atoms with Gasteiger partial charge < -0.3 is 34.6 Å². The lowest BCUT2D eigenvalue weighted by Crippen LogP contribution is -2.44. The number of furan rings is 1. The summed E-state index contributed by atoms with van der Waals surface area (Å²) in [6.07, 6.45) is 3.31. The van der Waals surface area contributed by atoms with E-state index in [4.69, 9.17) is 18.6 Å². The number of methoxy groups -OCH3 is 3. The van der Waals surface area contributed by atoms with Crippen LogP contribution in [-0.4, -0.2) is 45.7 Å². The van der Waals surface area contributed by atoms with Gasteiger partial charge in [0.1, 0.15) is 11.8 Å². The van der Waals surface area contributed by atoms with Crippen molar-refractivity contribution in [3.8, 4) is 28.4 Å². The number of carbonyl (C=O) groups is 2. The third-order valence-electron chi connectivity index (χ3n) is 7.43. The molecule has 1 aromatic heterocycles. The molecule has 4 rings (SSSR count). The smallest absolute Gasteiger partial charge is 0.242 e. The van der Waals surface area contributed by atoms with Crippen LogP contribution in [0.5, 0.6) is 17.2 Å². The van der Waals surface area contributed by atoms with Gasteiger partial charge in [-0.25, -0.2) is 0 Å². The highest BCUT2D eigenvalue weighted by molar-refractivity contribution is 5.86. The molecule has 3 N–H and O–H groups in total. The summed E-state index contributed by atoms with van der Waals surface area (Å²) in [5, 5.41) is 9.13. The number of carbonyl (C=O) groups excluding carboxylic acids is 2. The van der Waals surface area contributed by atoms with E-state index in [0.29, 0.717) is 54.2 Å². The molecule has 1 heterocycles. The summed E-state index contributed by atoms with van der Waals surface area (Å²) >= 11 is 0. The van der Waals surface area contributed by atoms with Crippen molar-refractivity contribution >= 4 is 17.5 Å². The molecule has 1 aliphatic rings. The minimum atomic E-state index is -0.658. The quantitative estimate of drug-likeness (QED) is 0.309. The standard InChI is InChI=1S/C32H39N3O7/c1-18(2)29(32(38)33-14-13-21-8-7-15-42-21)35-25-12-10-22-23(17-26(25)37)24(34-19(3)36)11-9-20-16-27(39-4)30(40-5)31(41-6)28(20)22/h7-8,10,12,15-18,24,29H,9,11,13-14H2,1-6H3,(H,33,38)(H,34,36)(H,35,37). The van der Waals surface area contributed by atoms with E-state index in [-0.39, 0.29) is 28.8 Å². The Bertz CT molecular complexity index is 1480. The van der Waals surface area contributed by atoms with Crippen molar-refractivity contribution in [2.75, 3.05) is 33.2 Å². The van der Waals surface area contributed by atoms with E-state index in [1.54, 1.807) is 39.7 Å². The Kier molecular flexibility index (Phi) is 9.77. The minimum absolute atomic E-state index is 0.110. The Morgan fingerprint density at radius 3 is 2.43 bits per heavy atom. The normalized spacial score (nSPS) is 14.6. The van der Waals surface area contributed by atoms with Gasteiger partial charge in [0.15, 0.2) is 11.5 Å². The van der Waals surface area contributed by atoms with Crippen LogP contribution in [0.1, 0.15) is 50.1 Å². The molecule has 2 unspecified atom stereocenters. The molecule has 3 aromatic rings. The fourth-order valence-electron chi connectivity index (χ4n) is 5.40. The molecule has 2 aromatic carbocycles. The summed E-state index contributed by atoms with van der Waals surface area (Å²) in [4.78, 5) is 39.0. The molecule has 224 valence electrons. The van der Waals surface area contributed by atoms with Crippen LogP contribution in [0, 0.1) is 5.92 Å². The first-order valence-electron chi connectivity index (χ1n) is 14.0. The molecule has 42 heavy (non-hydrogen) atoms. The van der Waals surface area contributed by atoms with Gasteiger partial charge in [-0.05, 0) is 65.8 Å². The van der Waals surface area contributed by atoms with Crippen molar-refractivity contribution in [1.29, 1.82) is 0 Å². The third-order valence-corrected chi connectivity index (χ3v) is 7.43. The summed E-state index contributed by atoms with van der Waals surface area (Å²) in [6.45, 7) is 5.69. The van der Waals surface area contributed by atoms with Crippen molar-refractivity contribution in [3.05, 3.63) is 69.8 Å². The number of nitrogens with one attached hydrogen (secondary N) is 3. The average Bonchev–Trinajstić information content (AvgIpc) is 3.37. The molecular formula is C32H39N3O7. The second-order valence-corrected chi connectivity index (χ2v) is 10.6. The van der Waals surface area contributed by atoms with Crippen molar-refractivity contribution in [2.45, 2.75) is 52.1 Å². The number of benzene rings is 1. The maximum absolute atomic E-state index is 13.7. The van der Waals surface area contributed by atoms with Gasteiger partial charge >= 0.3 is 0 Å². The average molecular weight is 578 g/mol. The number of aryl methyl sites for hydroxylation is 1. The SMILES string of the molecule is COc1cc2c(c(OC)c1OC)-c1ccc(NC(C(=O)NCCc3ccco3)C(C)C)c(=O)cc1C(NC(C)=O)CC2. The van der Waals surface area contributed by atoms with E-state index in [0.717, 1.165) is 16.9 Å². The number of ether oxygens (including phenoxy) is 3. The molecule has 10 nitrogen and oxygen atoms in total. The molecule has 0 saturated carbocycles. The first-order chi connectivity index (χ1) is 20.2. The molecule has 0 radical (unpaired) electrons. The number of hydrogen-bond acceptors (Lipinski definition) is 8. The van der Waals surface area contributed by atoms with Crippen molar-refractivity contribution in [2.24, 2.45) is 5.92 Å². The van der Waals surface area contributed by atoms with Gasteiger partial charge in [-0.3, -0.25) is 14.4 Å². The minimum Gasteiger partial charge on any atom is -0.493 e. The number of rotatable bonds is 11. The van der Waals surface area contributed by atoms with Crippen LogP contribution in [0.15, 0.2) is 51.9 Å². The second kappa shape index (κ2) is 13.5. The second-order valence-electron chi connectivity index (χ2n) is 10.6. The molecule has 2 amide bonds. The maximum Gasteiger partial charge on any atom is 0.242 e. The molecular weight excluding hydrogens is 538 g/mol. The Labute approximate surface area is 245 Å². The summed E-state index contributed by atoms with van der Waals surface area (Å²) in [6, 6.07) is 9.54. The van der Waals surface area contributed by atoms with E-state index >= 15 is 0 Å². The molecule has 0 spiro atoms. The van der Waals surface area contributed by atoms with Crippen molar-refractivity contribution < 1.29 is 28.2 Å². The zero-order valence-corrected chi connectivity index (χ0v) is 25.0. The lowest BCUT2D eigenvalue weighted by Gasteiger charge is -2.22. The molecule has 0 saturated heterocycles. The molecule has 1 aliphatic carbocycles. The van der Waals surface area contributed by atoms with Crippen molar-refractivity contribution in [3.63, 3.8) is 0 Å². The zero-order chi connectivity index (χ0) is 30.4. The van der Waals surface area contributed by atoms with Crippen LogP contribution in [0.25, 0.3) is 11.1 Å². The molecule has 0 aliphatic heterocycles. The first kappa shape index (κ1) is 30.5. The van der Waals surface area contributed by atoms with Crippen LogP contribution in [0.3, 0.4) is 0 Å². The van der Waals surface area contributed by atoms with Crippen molar-refractivity contribution in [1.82, 2.24) is 10.6 Å². The predicted molar refractivity (Wildman–Crippen MR) is 160 cm³/mol. The number of fused-ring (bicyclic) bond motifs is 3. The molecule has 0 fully saturated rings. The highest BCUT2D eigenvalue weighted by atomic mass is 16.5. The van der Waals surface area contributed by atoms with Gasteiger partial charge in [0.05, 0.1) is 39.3 Å². The Balaban J connectivity index is 1.77. The zero-order valence-electron chi connectivity index (χ0n) is 25.0. The van der Waals surface area contributed by atoms with Crippen LogP contribution >= 0.6 is 0 Å². The van der Waals surface area contributed by atoms with Crippen LogP contribution in [-0.2, 0) is 22.4 Å². The summed E-state index contributed by atoms with van der Waals surface area (Å²) < 4.78 is 22.4. The number of anilines is 1. The Morgan fingerprint density at radius 2 is 1.81 bits per heavy atom. The van der Waals surface area contributed by atoms with E-state index in [9.17, 15) is 14.4 Å². The monoisotopic (exact) mass is 577 g/mol. The van der Waals surface area contributed by atoms with E-state index in [2.05, 4.69) is 16.0 Å². The topological polar surface area (TPSA) is 128 Å². The summed E-state index contributed by atoms with van der Waals surface area (Å²) in [7, 11) is 4.66. The molecule has 10 heteroatoms. The number of amides is 2. The largest absolute Gasteiger partial charge is 0.493 e. The third kappa shape index (κ3) is 6.53. The van der Waals surface area contributed by atoms with Gasteiger partial charge in [0, 0.05) is 25.5 Å². The Hall–Kier alpha value is -4.47. The fourth-order valence-corrected chi connectivity index (χ4v) is 5.40. The van der Waals surface area contributed by atoms with Gasteiger partial charge in [-0.2, -0.15) is 0 Å². The highest BCUT2D eigenvalue weighted by Crippen LogP contribution is 2.50. The van der Waals surface area contributed by atoms with E-state index < -0.39 is 12.1 Å². The summed E-state index contributed by atoms with van der Waals surface area (Å²) in [5.74, 6) is 1.67. The number of hydrogen-bond donors (Lipinski definition) is 3. The first-order valence-corrected chi connectivity index (χ1v) is 14.0. The van der Waals surface area contributed by atoms with E-state index in [1.807, 2.05) is 32.0 Å². The fraction of sp³-hybridized carbons (Fsp3) is 0.406. The lowest BCUT2D eigenvalue weighted by molar-refractivity contribution is -0.122. The molecule has 0 bridgehead atoms. The molecule has 2 atom stereocenters. The van der Waals surface area contributed by atoms with Gasteiger partial charge in [0.25, 0.3) is 0 Å². The van der Waals surface area contributed by atoms with Gasteiger partial charge in [-0.1, -0.05) is 19.9 Å². The Morgan fingerprint density at radius 1 is 1.05 bits per heavy atom. The van der Waals surface area contributed by atoms with Crippen LogP contribution < -0.4 is 35.6 Å². The highest BCUT2D eigenvalue weighted by Gasteiger charge is 2.30.